The van der Waals surface area contributed by atoms with Gasteiger partial charge in [0.2, 0.25) is 21.8 Å². The molecule has 1 amide bonds. The van der Waals surface area contributed by atoms with Crippen LogP contribution in [-0.2, 0) is 21.4 Å². The number of rotatable bonds is 7. The van der Waals surface area contributed by atoms with Gasteiger partial charge in [0, 0.05) is 6.54 Å². The quantitative estimate of drug-likeness (QED) is 0.810. The molecule has 0 bridgehead atoms. The number of carbonyl (C=O) groups excluding carboxylic acids is 1. The van der Waals surface area contributed by atoms with Gasteiger partial charge in [-0.3, -0.25) is 4.79 Å². The Kier molecular flexibility index (Phi) is 5.80. The average Bonchev–Trinajstić information content (AvgIpc) is 3.11. The van der Waals surface area contributed by atoms with Crippen LogP contribution in [0.25, 0.3) is 0 Å². The van der Waals surface area contributed by atoms with Crippen molar-refractivity contribution >= 4 is 15.9 Å². The number of sulfonamides is 1. The van der Waals surface area contributed by atoms with E-state index in [1.807, 2.05) is 20.8 Å². The summed E-state index contributed by atoms with van der Waals surface area (Å²) in [7, 11) is -3.37. The fourth-order valence-corrected chi connectivity index (χ4v) is 4.56. The fraction of sp³-hybridized carbons (Fsp3) is 0.733. The van der Waals surface area contributed by atoms with E-state index in [1.54, 1.807) is 0 Å². The molecular weight excluding hydrogens is 318 g/mol. The molecule has 1 N–H and O–H groups in total. The second-order valence-electron chi connectivity index (χ2n) is 5.91. The van der Waals surface area contributed by atoms with E-state index in [4.69, 9.17) is 4.42 Å². The molecule has 0 aromatic carbocycles. The first-order valence-corrected chi connectivity index (χ1v) is 9.66. The molecule has 1 unspecified atom stereocenters. The maximum absolute atomic E-state index is 12.4. The second-order valence-corrected chi connectivity index (χ2v) is 7.95. The molecule has 1 aromatic rings. The molecule has 1 fully saturated rings. The lowest BCUT2D eigenvalue weighted by atomic mass is 10.2. The van der Waals surface area contributed by atoms with Crippen LogP contribution in [-0.4, -0.2) is 42.0 Å². The Morgan fingerprint density at radius 1 is 1.43 bits per heavy atom. The van der Waals surface area contributed by atoms with E-state index >= 15 is 0 Å². The van der Waals surface area contributed by atoms with Gasteiger partial charge in [0.05, 0.1) is 18.0 Å². The van der Waals surface area contributed by atoms with E-state index in [0.29, 0.717) is 31.7 Å². The number of nitrogens with one attached hydrogen (secondary N) is 1. The summed E-state index contributed by atoms with van der Waals surface area (Å²) >= 11 is 0. The minimum Gasteiger partial charge on any atom is -0.444 e. The molecule has 0 radical (unpaired) electrons. The Morgan fingerprint density at radius 3 is 2.78 bits per heavy atom. The van der Waals surface area contributed by atoms with Crippen molar-refractivity contribution in [2.45, 2.75) is 59.0 Å². The highest BCUT2D eigenvalue weighted by molar-refractivity contribution is 7.89. The maximum Gasteiger partial charge on any atom is 0.238 e. The standard InChI is InChI=1S/C15H25N3O4S/c1-4-5-9-23(20,21)18-8-6-7-13(18)15(19)16-10-14-17-11(2)12(3)22-14/h13H,4-10H2,1-3H3,(H,16,19). The zero-order valence-corrected chi connectivity index (χ0v) is 14.8. The highest BCUT2D eigenvalue weighted by atomic mass is 32.2. The lowest BCUT2D eigenvalue weighted by Crippen LogP contribution is -2.46. The lowest BCUT2D eigenvalue weighted by molar-refractivity contribution is -0.124. The summed E-state index contributed by atoms with van der Waals surface area (Å²) in [5, 5.41) is 2.74. The first-order valence-electron chi connectivity index (χ1n) is 8.05. The molecule has 7 nitrogen and oxygen atoms in total. The van der Waals surface area contributed by atoms with E-state index in [1.165, 1.54) is 4.31 Å². The number of hydrogen-bond acceptors (Lipinski definition) is 5. The van der Waals surface area contributed by atoms with E-state index in [9.17, 15) is 13.2 Å². The van der Waals surface area contributed by atoms with Crippen LogP contribution >= 0.6 is 0 Å². The normalized spacial score (nSPS) is 19.2. The van der Waals surface area contributed by atoms with Gasteiger partial charge < -0.3 is 9.73 Å². The number of unbranched alkanes of at least 4 members (excludes halogenated alkanes) is 1. The van der Waals surface area contributed by atoms with Crippen molar-refractivity contribution in [3.8, 4) is 0 Å². The van der Waals surface area contributed by atoms with Crippen molar-refractivity contribution in [2.24, 2.45) is 0 Å². The first-order chi connectivity index (χ1) is 10.8. The summed E-state index contributed by atoms with van der Waals surface area (Å²) in [4.78, 5) is 16.6. The third-order valence-corrected chi connectivity index (χ3v) is 6.06. The monoisotopic (exact) mass is 343 g/mol. The molecular formula is C15H25N3O4S. The summed E-state index contributed by atoms with van der Waals surface area (Å²) in [6.07, 6.45) is 2.69. The fourth-order valence-electron chi connectivity index (χ4n) is 2.67. The van der Waals surface area contributed by atoms with Crippen molar-refractivity contribution < 1.29 is 17.6 Å². The van der Waals surface area contributed by atoms with E-state index in [-0.39, 0.29) is 18.2 Å². The third-order valence-electron chi connectivity index (χ3n) is 4.11. The number of hydrogen-bond donors (Lipinski definition) is 1. The first kappa shape index (κ1) is 17.9. The Bertz CT molecular complexity index is 634. The van der Waals surface area contributed by atoms with Gasteiger partial charge in [-0.25, -0.2) is 13.4 Å². The van der Waals surface area contributed by atoms with Gasteiger partial charge in [-0.2, -0.15) is 4.31 Å². The van der Waals surface area contributed by atoms with Crippen LogP contribution in [0.15, 0.2) is 4.42 Å². The molecule has 1 aromatic heterocycles. The van der Waals surface area contributed by atoms with Gasteiger partial charge in [0.25, 0.3) is 0 Å². The topological polar surface area (TPSA) is 92.5 Å². The van der Waals surface area contributed by atoms with Crippen LogP contribution in [0.2, 0.25) is 0 Å². The number of aryl methyl sites for hydroxylation is 2. The van der Waals surface area contributed by atoms with Crippen molar-refractivity contribution in [1.29, 1.82) is 0 Å². The molecule has 2 rings (SSSR count). The zero-order chi connectivity index (χ0) is 17.0. The molecule has 1 atom stereocenters. The number of amides is 1. The highest BCUT2D eigenvalue weighted by Crippen LogP contribution is 2.22. The summed E-state index contributed by atoms with van der Waals surface area (Å²) in [6.45, 7) is 6.19. The smallest absolute Gasteiger partial charge is 0.238 e. The van der Waals surface area contributed by atoms with Crippen molar-refractivity contribution in [1.82, 2.24) is 14.6 Å². The van der Waals surface area contributed by atoms with Crippen LogP contribution in [0, 0.1) is 13.8 Å². The molecule has 0 spiro atoms. The number of carbonyl (C=O) groups is 1. The maximum atomic E-state index is 12.4. The van der Waals surface area contributed by atoms with Crippen LogP contribution in [0.1, 0.15) is 50.0 Å². The van der Waals surface area contributed by atoms with Gasteiger partial charge in [0.15, 0.2) is 0 Å². The summed E-state index contributed by atoms with van der Waals surface area (Å²) in [5.41, 5.74) is 0.791. The Labute approximate surface area is 137 Å². The van der Waals surface area contributed by atoms with Gasteiger partial charge in [-0.05, 0) is 33.1 Å². The summed E-state index contributed by atoms with van der Waals surface area (Å²) in [6, 6.07) is -0.617. The molecule has 1 saturated heterocycles. The molecule has 130 valence electrons. The number of nitrogens with zero attached hydrogens (tertiary/aromatic N) is 2. The van der Waals surface area contributed by atoms with E-state index in [0.717, 1.165) is 17.9 Å². The van der Waals surface area contributed by atoms with E-state index in [2.05, 4.69) is 10.3 Å². The van der Waals surface area contributed by atoms with Crippen LogP contribution < -0.4 is 5.32 Å². The molecule has 2 heterocycles. The molecule has 1 aliphatic rings. The predicted octanol–water partition coefficient (Wildman–Crippen LogP) is 1.50. The lowest BCUT2D eigenvalue weighted by Gasteiger charge is -2.23. The number of oxazole rings is 1. The Balaban J connectivity index is 1.97. The van der Waals surface area contributed by atoms with E-state index < -0.39 is 16.1 Å². The van der Waals surface area contributed by atoms with Gasteiger partial charge in [-0.1, -0.05) is 13.3 Å². The number of aromatic nitrogens is 1. The molecule has 8 heteroatoms. The predicted molar refractivity (Wildman–Crippen MR) is 86.2 cm³/mol. The van der Waals surface area contributed by atoms with Gasteiger partial charge in [0.1, 0.15) is 11.8 Å². The van der Waals surface area contributed by atoms with Crippen LogP contribution in [0.3, 0.4) is 0 Å². The summed E-state index contributed by atoms with van der Waals surface area (Å²) < 4.78 is 31.5. The van der Waals surface area contributed by atoms with Crippen LogP contribution in [0.4, 0.5) is 0 Å². The molecule has 23 heavy (non-hydrogen) atoms. The Morgan fingerprint density at radius 2 is 2.17 bits per heavy atom. The summed E-state index contributed by atoms with van der Waals surface area (Å²) in [5.74, 6) is 0.979. The van der Waals surface area contributed by atoms with Crippen molar-refractivity contribution in [2.75, 3.05) is 12.3 Å². The SMILES string of the molecule is CCCCS(=O)(=O)N1CCCC1C(=O)NCc1nc(C)c(C)o1. The molecule has 0 saturated carbocycles. The van der Waals surface area contributed by atoms with Crippen LogP contribution in [0.5, 0.6) is 0 Å². The third kappa shape index (κ3) is 4.32. The Hall–Kier alpha value is -1.41. The van der Waals surface area contributed by atoms with Gasteiger partial charge in [-0.15, -0.1) is 0 Å². The molecule has 1 aliphatic heterocycles. The van der Waals surface area contributed by atoms with Crippen molar-refractivity contribution in [3.05, 3.63) is 17.3 Å². The minimum absolute atomic E-state index is 0.103. The minimum atomic E-state index is -3.37. The largest absolute Gasteiger partial charge is 0.444 e. The molecule has 0 aliphatic carbocycles. The second kappa shape index (κ2) is 7.44. The van der Waals surface area contributed by atoms with Crippen molar-refractivity contribution in [3.63, 3.8) is 0 Å². The average molecular weight is 343 g/mol. The van der Waals surface area contributed by atoms with Gasteiger partial charge >= 0.3 is 0 Å². The highest BCUT2D eigenvalue weighted by Gasteiger charge is 2.38. The zero-order valence-electron chi connectivity index (χ0n) is 14.0.